The van der Waals surface area contributed by atoms with E-state index in [1.165, 1.54) is 12.8 Å². The topological polar surface area (TPSA) is 74.8 Å². The number of nitrogens with one attached hydrogen (secondary N) is 3. The highest BCUT2D eigenvalue weighted by Crippen LogP contribution is 2.40. The van der Waals surface area contributed by atoms with Gasteiger partial charge in [-0.3, -0.25) is 4.79 Å². The first-order valence-corrected chi connectivity index (χ1v) is 11.5. The Balaban J connectivity index is 1.44. The van der Waals surface area contributed by atoms with Gasteiger partial charge in [0.2, 0.25) is 0 Å². The lowest BCUT2D eigenvalue weighted by molar-refractivity contribution is -0.110. The van der Waals surface area contributed by atoms with Gasteiger partial charge < -0.3 is 20.8 Å². The van der Waals surface area contributed by atoms with Gasteiger partial charge in [-0.15, -0.1) is 0 Å². The molecule has 3 aliphatic heterocycles. The zero-order valence-electron chi connectivity index (χ0n) is 17.4. The van der Waals surface area contributed by atoms with Gasteiger partial charge in [0, 0.05) is 33.0 Å². The lowest BCUT2D eigenvalue weighted by atomic mass is 9.91. The van der Waals surface area contributed by atoms with E-state index >= 15 is 0 Å². The van der Waals surface area contributed by atoms with Crippen LogP contribution in [0, 0.1) is 5.92 Å². The van der Waals surface area contributed by atoms with Crippen LogP contribution in [0.15, 0.2) is 57.8 Å². The quantitative estimate of drug-likeness (QED) is 0.335. The number of fused-ring (bicyclic) bond motifs is 2. The number of allylic oxidation sites excluding steroid dienone is 1. The lowest BCUT2D eigenvalue weighted by Crippen LogP contribution is -2.36. The minimum atomic E-state index is -0.139. The predicted octanol–water partition coefficient (Wildman–Crippen LogP) is 4.74. The van der Waals surface area contributed by atoms with Gasteiger partial charge in [-0.1, -0.05) is 39.3 Å². The first kappa shape index (κ1) is 20.3. The van der Waals surface area contributed by atoms with E-state index in [4.69, 9.17) is 4.84 Å². The number of halogens is 1. The summed E-state index contributed by atoms with van der Waals surface area (Å²) in [6.45, 7) is 3.87. The maximum Gasteiger partial charge on any atom is 0.258 e. The fourth-order valence-corrected chi connectivity index (χ4v) is 4.98. The van der Waals surface area contributed by atoms with E-state index in [9.17, 15) is 4.79 Å². The second-order valence-corrected chi connectivity index (χ2v) is 9.29. The van der Waals surface area contributed by atoms with Crippen LogP contribution in [0.2, 0.25) is 0 Å². The summed E-state index contributed by atoms with van der Waals surface area (Å²) in [5.41, 5.74) is 5.47. The number of carbonyl (C=O) groups excluding carboxylic acids is 1. The molecule has 1 amide bonds. The minimum Gasteiger partial charge on any atom is -0.395 e. The normalized spacial score (nSPS) is 25.7. The van der Waals surface area contributed by atoms with Crippen molar-refractivity contribution < 1.29 is 9.63 Å². The van der Waals surface area contributed by atoms with E-state index in [0.717, 1.165) is 39.9 Å². The van der Waals surface area contributed by atoms with Crippen molar-refractivity contribution in [1.82, 2.24) is 5.32 Å². The molecule has 31 heavy (non-hydrogen) atoms. The van der Waals surface area contributed by atoms with Crippen molar-refractivity contribution in [3.63, 3.8) is 0 Å². The van der Waals surface area contributed by atoms with E-state index in [1.807, 2.05) is 42.5 Å². The van der Waals surface area contributed by atoms with Crippen LogP contribution < -0.4 is 16.0 Å². The molecule has 2 atom stereocenters. The van der Waals surface area contributed by atoms with Crippen LogP contribution >= 0.6 is 15.9 Å². The summed E-state index contributed by atoms with van der Waals surface area (Å²) in [6.07, 6.45) is 3.33. The first-order valence-electron chi connectivity index (χ1n) is 10.8. The Morgan fingerprint density at radius 2 is 1.97 bits per heavy atom. The number of rotatable bonds is 4. The van der Waals surface area contributed by atoms with Gasteiger partial charge in [0.1, 0.15) is 12.3 Å². The fourth-order valence-electron chi connectivity index (χ4n) is 4.62. The summed E-state index contributed by atoms with van der Waals surface area (Å²) in [7, 11) is 0. The third kappa shape index (κ3) is 4.00. The number of benzene rings is 2. The first-order chi connectivity index (χ1) is 15.1. The predicted molar refractivity (Wildman–Crippen MR) is 127 cm³/mol. The summed E-state index contributed by atoms with van der Waals surface area (Å²) in [5, 5.41) is 14.4. The molecule has 0 bridgehead atoms. The maximum atomic E-state index is 12.9. The van der Waals surface area contributed by atoms with Crippen molar-refractivity contribution in [2.24, 2.45) is 11.1 Å². The number of nitrogens with zero attached hydrogens (tertiary/aromatic N) is 1. The third-order valence-corrected chi connectivity index (χ3v) is 6.65. The number of para-hydroxylation sites is 1. The highest BCUT2D eigenvalue weighted by Gasteiger charge is 2.34. The molecule has 0 radical (unpaired) electrons. The van der Waals surface area contributed by atoms with Crippen LogP contribution in [0.5, 0.6) is 0 Å². The molecular weight excluding hydrogens is 456 g/mol. The monoisotopic (exact) mass is 480 g/mol. The Morgan fingerprint density at radius 1 is 1.13 bits per heavy atom. The molecule has 3 N–H and O–H groups in total. The van der Waals surface area contributed by atoms with Crippen LogP contribution in [-0.4, -0.2) is 30.8 Å². The number of carbonyl (C=O) groups is 1. The summed E-state index contributed by atoms with van der Waals surface area (Å²) >= 11 is 3.52. The fraction of sp³-hybridized carbons (Fsp3) is 0.333. The molecule has 1 fully saturated rings. The van der Waals surface area contributed by atoms with E-state index < -0.39 is 0 Å². The second kappa shape index (κ2) is 8.48. The number of oxime groups is 1. The van der Waals surface area contributed by atoms with Crippen molar-refractivity contribution in [1.29, 1.82) is 0 Å². The summed E-state index contributed by atoms with van der Waals surface area (Å²) < 4.78 is 0.919. The molecule has 0 spiro atoms. The Bertz CT molecular complexity index is 1090. The van der Waals surface area contributed by atoms with E-state index in [-0.39, 0.29) is 5.91 Å². The molecule has 2 aromatic rings. The molecule has 2 aromatic carbocycles. The third-order valence-electron chi connectivity index (χ3n) is 6.16. The average molecular weight is 481 g/mol. The molecule has 7 heteroatoms. The van der Waals surface area contributed by atoms with Crippen LogP contribution in [0.1, 0.15) is 37.3 Å². The summed E-state index contributed by atoms with van der Waals surface area (Å²) in [6, 6.07) is 14.3. The molecule has 160 valence electrons. The van der Waals surface area contributed by atoms with E-state index in [0.29, 0.717) is 35.5 Å². The number of hydrogen-bond acceptors (Lipinski definition) is 5. The Morgan fingerprint density at radius 3 is 2.84 bits per heavy atom. The van der Waals surface area contributed by atoms with Crippen LogP contribution in [-0.2, 0) is 9.63 Å². The highest BCUT2D eigenvalue weighted by atomic mass is 79.9. The van der Waals surface area contributed by atoms with Crippen molar-refractivity contribution in [3.05, 3.63) is 63.8 Å². The number of anilines is 2. The Kier molecular flexibility index (Phi) is 5.54. The van der Waals surface area contributed by atoms with Gasteiger partial charge in [-0.2, -0.15) is 0 Å². The molecule has 5 rings (SSSR count). The molecular formula is C24H25BrN4O2. The van der Waals surface area contributed by atoms with Gasteiger partial charge in [-0.05, 0) is 62.9 Å². The Labute approximate surface area is 190 Å². The molecule has 3 heterocycles. The summed E-state index contributed by atoms with van der Waals surface area (Å²) in [5.74, 6) is 0.521. The van der Waals surface area contributed by atoms with Crippen LogP contribution in [0.3, 0.4) is 0 Å². The average Bonchev–Trinajstić information content (AvgIpc) is 3.27. The van der Waals surface area contributed by atoms with Gasteiger partial charge in [0.15, 0.2) is 0 Å². The highest BCUT2D eigenvalue weighted by molar-refractivity contribution is 9.10. The molecule has 0 aliphatic carbocycles. The molecule has 0 aromatic heterocycles. The van der Waals surface area contributed by atoms with Gasteiger partial charge in [0.25, 0.3) is 5.91 Å². The smallest absolute Gasteiger partial charge is 0.258 e. The molecule has 1 saturated heterocycles. The molecule has 6 nitrogen and oxygen atoms in total. The maximum absolute atomic E-state index is 12.9. The van der Waals surface area contributed by atoms with Crippen LogP contribution in [0.25, 0.3) is 5.57 Å². The zero-order valence-corrected chi connectivity index (χ0v) is 19.0. The van der Waals surface area contributed by atoms with Gasteiger partial charge in [0.05, 0.1) is 11.3 Å². The van der Waals surface area contributed by atoms with Gasteiger partial charge in [-0.25, -0.2) is 0 Å². The SMILES string of the molecule is CC1CC(CCO/N=C2/C(=C3/C(=O)Nc4ccc(Br)cc43)Nc3ccccc32)CCN1. The standard InChI is InChI=1S/C24H25BrN4O2/c1-14-12-15(8-10-26-14)9-11-31-29-22-17-4-2-3-5-19(17)27-23(22)21-18-13-16(25)6-7-20(18)28-24(21)30/h2-7,13-15,26-27H,8-12H2,1H3,(H,28,30)/b23-21-,29-22+. The largest absolute Gasteiger partial charge is 0.395 e. The number of amides is 1. The second-order valence-electron chi connectivity index (χ2n) is 8.37. The number of hydrogen-bond donors (Lipinski definition) is 3. The van der Waals surface area contributed by atoms with Crippen molar-refractivity contribution in [3.8, 4) is 0 Å². The Hall–Kier alpha value is -2.64. The zero-order chi connectivity index (χ0) is 21.4. The number of piperidine rings is 1. The molecule has 0 saturated carbocycles. The summed E-state index contributed by atoms with van der Waals surface area (Å²) in [4.78, 5) is 18.7. The van der Waals surface area contributed by atoms with Gasteiger partial charge >= 0.3 is 0 Å². The van der Waals surface area contributed by atoms with E-state index in [2.05, 4.69) is 44.0 Å². The van der Waals surface area contributed by atoms with E-state index in [1.54, 1.807) is 0 Å². The minimum absolute atomic E-state index is 0.139. The lowest BCUT2D eigenvalue weighted by Gasteiger charge is -2.27. The van der Waals surface area contributed by atoms with Crippen molar-refractivity contribution >= 4 is 44.5 Å². The van der Waals surface area contributed by atoms with Crippen LogP contribution in [0.4, 0.5) is 11.4 Å². The van der Waals surface area contributed by atoms with Crippen molar-refractivity contribution in [2.45, 2.75) is 32.2 Å². The molecule has 3 aliphatic rings. The van der Waals surface area contributed by atoms with Crippen molar-refractivity contribution in [2.75, 3.05) is 23.8 Å². The molecule has 2 unspecified atom stereocenters.